The highest BCUT2D eigenvalue weighted by Crippen LogP contribution is 2.31. The predicted molar refractivity (Wildman–Crippen MR) is 128 cm³/mol. The maximum atomic E-state index is 13.6. The molecule has 5 rings (SSSR count). The van der Waals surface area contributed by atoms with Crippen LogP contribution >= 0.6 is 11.6 Å². The normalized spacial score (nSPS) is 16.0. The van der Waals surface area contributed by atoms with Crippen LogP contribution in [0.25, 0.3) is 22.2 Å². The van der Waals surface area contributed by atoms with E-state index in [2.05, 4.69) is 26.7 Å². The van der Waals surface area contributed by atoms with Gasteiger partial charge in [-0.15, -0.1) is 0 Å². The molecule has 0 amide bonds. The van der Waals surface area contributed by atoms with Crippen molar-refractivity contribution in [2.75, 3.05) is 18.4 Å². The summed E-state index contributed by atoms with van der Waals surface area (Å²) in [5.74, 6) is 0.579. The molecule has 0 saturated carbocycles. The first kappa shape index (κ1) is 20.9. The van der Waals surface area contributed by atoms with Crippen LogP contribution in [0.3, 0.4) is 0 Å². The number of anilines is 1. The minimum Gasteiger partial charge on any atom is -0.370 e. The molecule has 0 bridgehead atoms. The Hall–Kier alpha value is -2.96. The zero-order chi connectivity index (χ0) is 21.9. The highest BCUT2D eigenvalue weighted by atomic mass is 35.5. The summed E-state index contributed by atoms with van der Waals surface area (Å²) in [6, 6.07) is 15.3. The van der Waals surface area contributed by atoms with E-state index in [4.69, 9.17) is 11.6 Å². The molecule has 0 spiro atoms. The van der Waals surface area contributed by atoms with E-state index >= 15 is 0 Å². The first-order valence-electron chi connectivity index (χ1n) is 11.0. The fourth-order valence-corrected chi connectivity index (χ4v) is 4.53. The molecule has 5 nitrogen and oxygen atoms in total. The first-order valence-corrected chi connectivity index (χ1v) is 11.4. The quantitative estimate of drug-likeness (QED) is 0.391. The number of halogens is 2. The van der Waals surface area contributed by atoms with Crippen LogP contribution in [0.5, 0.6) is 0 Å². The molecule has 2 aromatic heterocycles. The largest absolute Gasteiger partial charge is 0.370 e. The van der Waals surface area contributed by atoms with Gasteiger partial charge in [0.15, 0.2) is 0 Å². The van der Waals surface area contributed by atoms with Crippen molar-refractivity contribution in [1.82, 2.24) is 19.9 Å². The Labute approximate surface area is 191 Å². The molecule has 1 aliphatic rings. The molecule has 164 valence electrons. The maximum Gasteiger partial charge on any atom is 0.126 e. The van der Waals surface area contributed by atoms with Crippen molar-refractivity contribution >= 4 is 28.5 Å². The molecule has 1 fully saturated rings. The molecular formula is C25H25ClFN5. The molecular weight excluding hydrogens is 425 g/mol. The monoisotopic (exact) mass is 449 g/mol. The molecule has 1 saturated heterocycles. The number of pyridine rings is 1. The summed E-state index contributed by atoms with van der Waals surface area (Å²) in [6.45, 7) is 2.53. The van der Waals surface area contributed by atoms with Gasteiger partial charge in [0, 0.05) is 30.9 Å². The summed E-state index contributed by atoms with van der Waals surface area (Å²) in [5.41, 5.74) is 4.66. The van der Waals surface area contributed by atoms with Gasteiger partial charge in [0.2, 0.25) is 0 Å². The van der Waals surface area contributed by atoms with Crippen LogP contribution in [0.4, 0.5) is 10.2 Å². The average molecular weight is 450 g/mol. The van der Waals surface area contributed by atoms with Crippen molar-refractivity contribution < 1.29 is 4.39 Å². The third-order valence-electron chi connectivity index (χ3n) is 5.99. The SMILES string of the molecule is Fc1cccc(Cn2cnc3ccc(-c4cc(NCCC5CCCN5)ncc4Cl)cc32)c1. The maximum absolute atomic E-state index is 13.6. The Morgan fingerprint density at radius 1 is 1.16 bits per heavy atom. The lowest BCUT2D eigenvalue weighted by Gasteiger charge is -2.13. The molecule has 32 heavy (non-hydrogen) atoms. The van der Waals surface area contributed by atoms with Crippen LogP contribution in [0.15, 0.2) is 61.1 Å². The fourth-order valence-electron chi connectivity index (χ4n) is 4.32. The number of aromatic nitrogens is 3. The Balaban J connectivity index is 1.38. The second-order valence-corrected chi connectivity index (χ2v) is 8.67. The minimum atomic E-state index is -0.236. The molecule has 2 N–H and O–H groups in total. The zero-order valence-corrected chi connectivity index (χ0v) is 18.4. The highest BCUT2D eigenvalue weighted by molar-refractivity contribution is 6.33. The van der Waals surface area contributed by atoms with Crippen LogP contribution in [0.1, 0.15) is 24.8 Å². The fraction of sp³-hybridized carbons (Fsp3) is 0.280. The number of hydrogen-bond donors (Lipinski definition) is 2. The average Bonchev–Trinajstić information content (AvgIpc) is 3.45. The molecule has 7 heteroatoms. The van der Waals surface area contributed by atoms with Crippen LogP contribution in [0, 0.1) is 5.82 Å². The van der Waals surface area contributed by atoms with Gasteiger partial charge in [0.05, 0.1) is 22.4 Å². The van der Waals surface area contributed by atoms with E-state index in [0.717, 1.165) is 53.1 Å². The lowest BCUT2D eigenvalue weighted by Crippen LogP contribution is -2.24. The van der Waals surface area contributed by atoms with Gasteiger partial charge in [0.25, 0.3) is 0 Å². The van der Waals surface area contributed by atoms with E-state index < -0.39 is 0 Å². The van der Waals surface area contributed by atoms with E-state index in [1.54, 1.807) is 24.7 Å². The van der Waals surface area contributed by atoms with Crippen molar-refractivity contribution in [3.63, 3.8) is 0 Å². The minimum absolute atomic E-state index is 0.236. The van der Waals surface area contributed by atoms with Crippen molar-refractivity contribution in [3.8, 4) is 11.1 Å². The molecule has 1 aliphatic heterocycles. The second-order valence-electron chi connectivity index (χ2n) is 8.26. The second kappa shape index (κ2) is 9.27. The molecule has 3 heterocycles. The molecule has 1 unspecified atom stereocenters. The van der Waals surface area contributed by atoms with E-state index in [1.165, 1.54) is 18.9 Å². The van der Waals surface area contributed by atoms with E-state index in [0.29, 0.717) is 17.6 Å². The number of imidazole rings is 1. The first-order chi connectivity index (χ1) is 15.7. The third-order valence-corrected chi connectivity index (χ3v) is 6.29. The molecule has 1 atom stereocenters. The van der Waals surface area contributed by atoms with Gasteiger partial charge in [-0.2, -0.15) is 0 Å². The van der Waals surface area contributed by atoms with Crippen LogP contribution in [-0.2, 0) is 6.54 Å². The van der Waals surface area contributed by atoms with Gasteiger partial charge < -0.3 is 15.2 Å². The standard InChI is InChI=1S/C25H25ClFN5/c26-22-14-30-25(29-10-8-20-5-2-9-28-20)13-21(22)18-6-7-23-24(12-18)32(16-31-23)15-17-3-1-4-19(27)11-17/h1,3-4,6-7,11-14,16,20,28H,2,5,8-10,15H2,(H,29,30). The Morgan fingerprint density at radius 3 is 2.94 bits per heavy atom. The Bertz CT molecular complexity index is 1230. The van der Waals surface area contributed by atoms with E-state index in [9.17, 15) is 4.39 Å². The molecule has 4 aromatic rings. The lowest BCUT2D eigenvalue weighted by molar-refractivity contribution is 0.574. The smallest absolute Gasteiger partial charge is 0.126 e. The number of nitrogens with one attached hydrogen (secondary N) is 2. The lowest BCUT2D eigenvalue weighted by atomic mass is 10.1. The van der Waals surface area contributed by atoms with Crippen LogP contribution in [-0.4, -0.2) is 33.7 Å². The van der Waals surface area contributed by atoms with Crippen LogP contribution in [0.2, 0.25) is 5.02 Å². The van der Waals surface area contributed by atoms with Gasteiger partial charge in [0.1, 0.15) is 11.6 Å². The van der Waals surface area contributed by atoms with Gasteiger partial charge in [-0.1, -0.05) is 29.8 Å². The summed E-state index contributed by atoms with van der Waals surface area (Å²) in [5, 5.41) is 7.55. The van der Waals surface area contributed by atoms with Gasteiger partial charge >= 0.3 is 0 Å². The third kappa shape index (κ3) is 4.61. The van der Waals surface area contributed by atoms with Gasteiger partial charge in [-0.3, -0.25) is 0 Å². The van der Waals surface area contributed by atoms with E-state index in [-0.39, 0.29) is 5.82 Å². The summed E-state index contributed by atoms with van der Waals surface area (Å²) in [6.07, 6.45) is 7.06. The molecule has 0 aliphatic carbocycles. The number of hydrogen-bond acceptors (Lipinski definition) is 4. The van der Waals surface area contributed by atoms with Crippen LogP contribution < -0.4 is 10.6 Å². The predicted octanol–water partition coefficient (Wildman–Crippen LogP) is 5.49. The topological polar surface area (TPSA) is 54.8 Å². The molecule has 0 radical (unpaired) electrons. The number of nitrogens with zero attached hydrogens (tertiary/aromatic N) is 3. The molecule has 2 aromatic carbocycles. The Kier molecular flexibility index (Phi) is 6.06. The van der Waals surface area contributed by atoms with Crippen molar-refractivity contribution in [1.29, 1.82) is 0 Å². The van der Waals surface area contributed by atoms with Crippen molar-refractivity contribution in [2.45, 2.75) is 31.8 Å². The highest BCUT2D eigenvalue weighted by Gasteiger charge is 2.14. The zero-order valence-electron chi connectivity index (χ0n) is 17.7. The number of fused-ring (bicyclic) bond motifs is 1. The summed E-state index contributed by atoms with van der Waals surface area (Å²) >= 11 is 6.52. The van der Waals surface area contributed by atoms with E-state index in [1.807, 2.05) is 28.8 Å². The summed E-state index contributed by atoms with van der Waals surface area (Å²) in [4.78, 5) is 8.94. The van der Waals surface area contributed by atoms with Crippen molar-refractivity contribution in [2.24, 2.45) is 0 Å². The summed E-state index contributed by atoms with van der Waals surface area (Å²) < 4.78 is 15.6. The Morgan fingerprint density at radius 2 is 2.09 bits per heavy atom. The van der Waals surface area contributed by atoms with Crippen molar-refractivity contribution in [3.05, 3.63) is 77.5 Å². The number of benzene rings is 2. The number of rotatable bonds is 7. The summed E-state index contributed by atoms with van der Waals surface area (Å²) in [7, 11) is 0. The van der Waals surface area contributed by atoms with Gasteiger partial charge in [-0.25, -0.2) is 14.4 Å². The van der Waals surface area contributed by atoms with Gasteiger partial charge in [-0.05, 0) is 67.3 Å².